The number of nitrogens with one attached hydrogen (secondary N) is 1. The molecule has 22 heavy (non-hydrogen) atoms. The number of hydrogen-bond donors (Lipinski definition) is 2. The third-order valence-electron chi connectivity index (χ3n) is 3.33. The van der Waals surface area contributed by atoms with Gasteiger partial charge in [0.25, 0.3) is 5.91 Å². The van der Waals surface area contributed by atoms with Crippen molar-refractivity contribution in [2.24, 2.45) is 7.05 Å². The van der Waals surface area contributed by atoms with Crippen molar-refractivity contribution in [1.82, 2.24) is 19.7 Å². The third kappa shape index (κ3) is 2.66. The lowest BCUT2D eigenvalue weighted by Crippen LogP contribution is -2.29. The zero-order valence-corrected chi connectivity index (χ0v) is 12.0. The lowest BCUT2D eigenvalue weighted by atomic mass is 10.2. The van der Waals surface area contributed by atoms with Crippen LogP contribution in [0.5, 0.6) is 0 Å². The molecule has 7 nitrogen and oxygen atoms in total. The fourth-order valence-corrected chi connectivity index (χ4v) is 2.24. The minimum absolute atomic E-state index is 0.0619. The molecule has 1 unspecified atom stereocenters. The molecule has 114 valence electrons. The number of rotatable bonds is 5. The minimum Gasteiger partial charge on any atom is -0.467 e. The number of amides is 1. The Morgan fingerprint density at radius 3 is 2.86 bits per heavy atom. The molecule has 3 heterocycles. The summed E-state index contributed by atoms with van der Waals surface area (Å²) in [5, 5.41) is 16.7. The van der Waals surface area contributed by atoms with Gasteiger partial charge >= 0.3 is 0 Å². The molecule has 3 aromatic rings. The predicted octanol–water partition coefficient (Wildman–Crippen LogP) is 1.27. The van der Waals surface area contributed by atoms with Gasteiger partial charge in [0.1, 0.15) is 23.2 Å². The van der Waals surface area contributed by atoms with Gasteiger partial charge in [0.05, 0.1) is 19.0 Å². The van der Waals surface area contributed by atoms with Gasteiger partial charge in [-0.1, -0.05) is 0 Å². The summed E-state index contributed by atoms with van der Waals surface area (Å²) in [6.07, 6.45) is 5.78. The van der Waals surface area contributed by atoms with Crippen LogP contribution in [0.1, 0.15) is 22.2 Å². The van der Waals surface area contributed by atoms with Crippen molar-refractivity contribution in [3.05, 3.63) is 60.4 Å². The van der Waals surface area contributed by atoms with E-state index in [1.807, 2.05) is 29.1 Å². The third-order valence-corrected chi connectivity index (χ3v) is 3.33. The van der Waals surface area contributed by atoms with E-state index in [0.29, 0.717) is 17.1 Å². The molecular formula is C15H16N4O3. The summed E-state index contributed by atoms with van der Waals surface area (Å²) in [7, 11) is 1.77. The van der Waals surface area contributed by atoms with Crippen LogP contribution in [0.2, 0.25) is 0 Å². The summed E-state index contributed by atoms with van der Waals surface area (Å²) < 4.78 is 8.53. The van der Waals surface area contributed by atoms with Gasteiger partial charge in [0, 0.05) is 19.4 Å². The van der Waals surface area contributed by atoms with Crippen molar-refractivity contribution in [1.29, 1.82) is 0 Å². The van der Waals surface area contributed by atoms with Crippen molar-refractivity contribution in [3.63, 3.8) is 0 Å². The maximum absolute atomic E-state index is 12.3. The Bertz CT molecular complexity index is 744. The van der Waals surface area contributed by atoms with Crippen LogP contribution in [0.25, 0.3) is 5.82 Å². The Labute approximate surface area is 126 Å². The average Bonchev–Trinajstić information content (AvgIpc) is 3.24. The highest BCUT2D eigenvalue weighted by molar-refractivity contribution is 5.97. The van der Waals surface area contributed by atoms with E-state index in [-0.39, 0.29) is 12.5 Å². The Morgan fingerprint density at radius 1 is 1.41 bits per heavy atom. The molecule has 0 aliphatic carbocycles. The molecule has 0 radical (unpaired) electrons. The van der Waals surface area contributed by atoms with Crippen LogP contribution in [0.15, 0.2) is 53.5 Å². The summed E-state index contributed by atoms with van der Waals surface area (Å²) in [6, 6.07) is 7.09. The molecule has 3 aromatic heterocycles. The quantitative estimate of drug-likeness (QED) is 0.743. The van der Waals surface area contributed by atoms with Crippen LogP contribution >= 0.6 is 0 Å². The van der Waals surface area contributed by atoms with Crippen molar-refractivity contribution in [2.75, 3.05) is 6.54 Å². The molecule has 0 bridgehead atoms. The van der Waals surface area contributed by atoms with Gasteiger partial charge in [-0.2, -0.15) is 5.10 Å². The highest BCUT2D eigenvalue weighted by Crippen LogP contribution is 2.15. The largest absolute Gasteiger partial charge is 0.467 e. The Kier molecular flexibility index (Phi) is 3.80. The van der Waals surface area contributed by atoms with E-state index in [1.54, 1.807) is 23.9 Å². The van der Waals surface area contributed by atoms with Crippen molar-refractivity contribution < 1.29 is 14.3 Å². The molecule has 0 spiro atoms. The van der Waals surface area contributed by atoms with Crippen LogP contribution in [-0.2, 0) is 7.05 Å². The zero-order valence-electron chi connectivity index (χ0n) is 12.0. The standard InChI is InChI=1S/C15H16N4O3/c1-18-15(19-6-2-3-7-19)11(9-17-18)14(21)16-10-12(20)13-5-4-8-22-13/h2-9,12,20H,10H2,1H3,(H,16,21). The van der Waals surface area contributed by atoms with Gasteiger partial charge in [0.15, 0.2) is 0 Å². The second kappa shape index (κ2) is 5.90. The average molecular weight is 300 g/mol. The highest BCUT2D eigenvalue weighted by Gasteiger charge is 2.19. The van der Waals surface area contributed by atoms with Crippen LogP contribution < -0.4 is 5.32 Å². The molecule has 0 aliphatic rings. The Morgan fingerprint density at radius 2 is 2.18 bits per heavy atom. The van der Waals surface area contributed by atoms with Gasteiger partial charge in [-0.3, -0.25) is 9.48 Å². The number of carbonyl (C=O) groups excluding carboxylic acids is 1. The number of aliphatic hydroxyl groups is 1. The highest BCUT2D eigenvalue weighted by atomic mass is 16.4. The number of aliphatic hydroxyl groups excluding tert-OH is 1. The summed E-state index contributed by atoms with van der Waals surface area (Å²) in [5.41, 5.74) is 0.436. The summed E-state index contributed by atoms with van der Waals surface area (Å²) in [5.74, 6) is 0.773. The molecule has 1 atom stereocenters. The van der Waals surface area contributed by atoms with E-state index < -0.39 is 6.10 Å². The fourth-order valence-electron chi connectivity index (χ4n) is 2.24. The SMILES string of the molecule is Cn1ncc(C(=O)NCC(O)c2ccco2)c1-n1cccc1. The molecule has 1 amide bonds. The normalized spacial score (nSPS) is 12.3. The molecule has 2 N–H and O–H groups in total. The lowest BCUT2D eigenvalue weighted by Gasteiger charge is -2.11. The molecule has 0 aromatic carbocycles. The molecule has 3 rings (SSSR count). The van der Waals surface area contributed by atoms with Gasteiger partial charge in [-0.05, 0) is 24.3 Å². The van der Waals surface area contributed by atoms with Gasteiger partial charge < -0.3 is 19.4 Å². The maximum Gasteiger partial charge on any atom is 0.256 e. The number of nitrogens with zero attached hydrogens (tertiary/aromatic N) is 3. The second-order valence-electron chi connectivity index (χ2n) is 4.84. The summed E-state index contributed by atoms with van der Waals surface area (Å²) >= 11 is 0. The van der Waals surface area contributed by atoms with Gasteiger partial charge in [-0.25, -0.2) is 0 Å². The topological polar surface area (TPSA) is 85.2 Å². The lowest BCUT2D eigenvalue weighted by molar-refractivity contribution is 0.0901. The van der Waals surface area contributed by atoms with Crippen LogP contribution in [0.4, 0.5) is 0 Å². The monoisotopic (exact) mass is 300 g/mol. The van der Waals surface area contributed by atoms with E-state index in [2.05, 4.69) is 10.4 Å². The number of aryl methyl sites for hydroxylation is 1. The van der Waals surface area contributed by atoms with Crippen molar-refractivity contribution in [2.45, 2.75) is 6.10 Å². The Balaban J connectivity index is 1.73. The summed E-state index contributed by atoms with van der Waals surface area (Å²) in [4.78, 5) is 12.3. The van der Waals surface area contributed by atoms with Crippen LogP contribution in [-0.4, -0.2) is 31.9 Å². The van der Waals surface area contributed by atoms with Crippen molar-refractivity contribution in [3.8, 4) is 5.82 Å². The van der Waals surface area contributed by atoms with E-state index >= 15 is 0 Å². The molecule has 7 heteroatoms. The number of carbonyl (C=O) groups is 1. The first-order chi connectivity index (χ1) is 10.7. The molecule has 0 aliphatic heterocycles. The maximum atomic E-state index is 12.3. The molecule has 0 saturated carbocycles. The number of furan rings is 1. The van der Waals surface area contributed by atoms with Crippen LogP contribution in [0, 0.1) is 0 Å². The Hall–Kier alpha value is -2.80. The predicted molar refractivity (Wildman–Crippen MR) is 78.5 cm³/mol. The minimum atomic E-state index is -0.884. The van der Waals surface area contributed by atoms with E-state index in [1.165, 1.54) is 12.5 Å². The number of aromatic nitrogens is 3. The first kappa shape index (κ1) is 14.2. The van der Waals surface area contributed by atoms with Crippen LogP contribution in [0.3, 0.4) is 0 Å². The number of hydrogen-bond acceptors (Lipinski definition) is 4. The van der Waals surface area contributed by atoms with E-state index in [0.717, 1.165) is 0 Å². The molecule has 0 fully saturated rings. The van der Waals surface area contributed by atoms with E-state index in [9.17, 15) is 9.90 Å². The van der Waals surface area contributed by atoms with Gasteiger partial charge in [0.2, 0.25) is 0 Å². The smallest absolute Gasteiger partial charge is 0.256 e. The first-order valence-electron chi connectivity index (χ1n) is 6.82. The molecule has 0 saturated heterocycles. The summed E-state index contributed by atoms with van der Waals surface area (Å²) in [6.45, 7) is 0.0619. The van der Waals surface area contributed by atoms with Crippen molar-refractivity contribution >= 4 is 5.91 Å². The fraction of sp³-hybridized carbons (Fsp3) is 0.200. The molecular weight excluding hydrogens is 284 g/mol. The first-order valence-corrected chi connectivity index (χ1v) is 6.82. The second-order valence-corrected chi connectivity index (χ2v) is 4.84. The zero-order chi connectivity index (χ0) is 15.5. The van der Waals surface area contributed by atoms with E-state index in [4.69, 9.17) is 4.42 Å². The van der Waals surface area contributed by atoms with Gasteiger partial charge in [-0.15, -0.1) is 0 Å².